The third-order valence-corrected chi connectivity index (χ3v) is 6.93. The molecule has 1 amide bonds. The predicted octanol–water partition coefficient (Wildman–Crippen LogP) is 3.72. The molecule has 1 aromatic heterocycles. The monoisotopic (exact) mass is 335 g/mol. The van der Waals surface area contributed by atoms with Gasteiger partial charge in [-0.1, -0.05) is 12.8 Å². The molecule has 0 radical (unpaired) electrons. The van der Waals surface area contributed by atoms with E-state index in [2.05, 4.69) is 5.32 Å². The van der Waals surface area contributed by atoms with E-state index in [-0.39, 0.29) is 11.2 Å². The molecule has 1 heterocycles. The molecule has 2 aromatic rings. The molecule has 0 aliphatic heterocycles. The van der Waals surface area contributed by atoms with Crippen LogP contribution >= 0.6 is 11.3 Å². The van der Waals surface area contributed by atoms with E-state index in [1.807, 2.05) is 5.38 Å². The lowest BCUT2D eigenvalue weighted by molar-refractivity contribution is 0.102. The van der Waals surface area contributed by atoms with Crippen molar-refractivity contribution in [3.8, 4) is 0 Å². The Morgan fingerprint density at radius 2 is 1.77 bits per heavy atom. The lowest BCUT2D eigenvalue weighted by Crippen LogP contribution is -2.18. The zero-order valence-electron chi connectivity index (χ0n) is 12.0. The van der Waals surface area contributed by atoms with Gasteiger partial charge in [-0.15, -0.1) is 0 Å². The highest BCUT2D eigenvalue weighted by molar-refractivity contribution is 7.92. The van der Waals surface area contributed by atoms with Crippen molar-refractivity contribution in [2.75, 3.05) is 5.32 Å². The van der Waals surface area contributed by atoms with Crippen LogP contribution in [0.25, 0.3) is 0 Å². The standard InChI is InChI=1S/C16H17NO3S2/c18-16(12-9-10-21-11-12)17-13-5-7-15(8-6-13)22(19,20)14-3-1-2-4-14/h5-11,14H,1-4H2,(H,17,18). The lowest BCUT2D eigenvalue weighted by Gasteiger charge is -2.11. The minimum absolute atomic E-state index is 0.187. The molecule has 0 spiro atoms. The zero-order chi connectivity index (χ0) is 15.6. The number of nitrogens with one attached hydrogen (secondary N) is 1. The Morgan fingerprint density at radius 1 is 1.09 bits per heavy atom. The number of rotatable bonds is 4. The van der Waals surface area contributed by atoms with Crippen LogP contribution in [0.5, 0.6) is 0 Å². The number of carbonyl (C=O) groups is 1. The number of sulfone groups is 1. The quantitative estimate of drug-likeness (QED) is 0.926. The first-order chi connectivity index (χ1) is 10.6. The summed E-state index contributed by atoms with van der Waals surface area (Å²) in [6.07, 6.45) is 3.47. The summed E-state index contributed by atoms with van der Waals surface area (Å²) in [7, 11) is -3.24. The van der Waals surface area contributed by atoms with Gasteiger partial charge in [-0.25, -0.2) is 8.42 Å². The summed E-state index contributed by atoms with van der Waals surface area (Å²) in [6.45, 7) is 0. The Kier molecular flexibility index (Phi) is 4.31. The van der Waals surface area contributed by atoms with Crippen molar-refractivity contribution in [2.45, 2.75) is 35.8 Å². The third kappa shape index (κ3) is 3.08. The molecule has 1 aliphatic carbocycles. The average molecular weight is 335 g/mol. The van der Waals surface area contributed by atoms with Gasteiger partial charge in [0.25, 0.3) is 5.91 Å². The maximum Gasteiger partial charge on any atom is 0.256 e. The summed E-state index contributed by atoms with van der Waals surface area (Å²) >= 11 is 1.46. The summed E-state index contributed by atoms with van der Waals surface area (Å²) in [5.74, 6) is -0.187. The normalized spacial score (nSPS) is 15.8. The van der Waals surface area contributed by atoms with Gasteiger partial charge in [0.1, 0.15) is 0 Å². The summed E-state index contributed by atoms with van der Waals surface area (Å²) in [4.78, 5) is 12.3. The van der Waals surface area contributed by atoms with E-state index in [9.17, 15) is 13.2 Å². The summed E-state index contributed by atoms with van der Waals surface area (Å²) in [6, 6.07) is 8.20. The minimum atomic E-state index is -3.24. The van der Waals surface area contributed by atoms with E-state index in [0.717, 1.165) is 25.7 Å². The highest BCUT2D eigenvalue weighted by atomic mass is 32.2. The Bertz CT molecular complexity index is 743. The van der Waals surface area contributed by atoms with Gasteiger partial charge in [-0.3, -0.25) is 4.79 Å². The van der Waals surface area contributed by atoms with Gasteiger partial charge in [0.2, 0.25) is 0 Å². The number of carbonyl (C=O) groups excluding carboxylic acids is 1. The molecule has 22 heavy (non-hydrogen) atoms. The van der Waals surface area contributed by atoms with Gasteiger partial charge in [-0.2, -0.15) is 11.3 Å². The van der Waals surface area contributed by atoms with Crippen LogP contribution in [-0.2, 0) is 9.84 Å². The largest absolute Gasteiger partial charge is 0.322 e. The number of thiophene rings is 1. The number of hydrogen-bond acceptors (Lipinski definition) is 4. The van der Waals surface area contributed by atoms with E-state index in [0.29, 0.717) is 16.1 Å². The van der Waals surface area contributed by atoms with Crippen LogP contribution in [0.4, 0.5) is 5.69 Å². The van der Waals surface area contributed by atoms with Gasteiger partial charge in [0.05, 0.1) is 15.7 Å². The Morgan fingerprint density at radius 3 is 2.36 bits per heavy atom. The fourth-order valence-corrected chi connectivity index (χ4v) is 5.21. The van der Waals surface area contributed by atoms with Crippen LogP contribution in [-0.4, -0.2) is 19.6 Å². The van der Waals surface area contributed by atoms with Crippen LogP contribution in [0, 0.1) is 0 Å². The zero-order valence-corrected chi connectivity index (χ0v) is 13.6. The Labute approximate surface area is 134 Å². The second-order valence-electron chi connectivity index (χ2n) is 5.44. The fourth-order valence-electron chi connectivity index (χ4n) is 2.72. The van der Waals surface area contributed by atoms with E-state index in [1.165, 1.54) is 11.3 Å². The summed E-state index contributed by atoms with van der Waals surface area (Å²) in [5, 5.41) is 6.13. The number of amides is 1. The Hall–Kier alpha value is -1.66. The van der Waals surface area contributed by atoms with Crippen molar-refractivity contribution in [2.24, 2.45) is 0 Å². The molecule has 0 unspecified atom stereocenters. The van der Waals surface area contributed by atoms with Crippen LogP contribution < -0.4 is 5.32 Å². The minimum Gasteiger partial charge on any atom is -0.322 e. The molecule has 4 nitrogen and oxygen atoms in total. The van der Waals surface area contributed by atoms with Crippen LogP contribution in [0.15, 0.2) is 46.0 Å². The van der Waals surface area contributed by atoms with Crippen molar-refractivity contribution in [1.29, 1.82) is 0 Å². The van der Waals surface area contributed by atoms with Crippen molar-refractivity contribution >= 4 is 32.8 Å². The van der Waals surface area contributed by atoms with Crippen LogP contribution in [0.1, 0.15) is 36.0 Å². The number of hydrogen-bond donors (Lipinski definition) is 1. The summed E-state index contributed by atoms with van der Waals surface area (Å²) < 4.78 is 24.9. The lowest BCUT2D eigenvalue weighted by atomic mass is 10.3. The summed E-state index contributed by atoms with van der Waals surface area (Å²) in [5.41, 5.74) is 1.20. The second kappa shape index (κ2) is 6.22. The first-order valence-corrected chi connectivity index (χ1v) is 9.74. The molecule has 1 N–H and O–H groups in total. The van der Waals surface area contributed by atoms with Gasteiger partial charge in [0, 0.05) is 11.1 Å². The first kappa shape index (κ1) is 15.2. The first-order valence-electron chi connectivity index (χ1n) is 7.25. The van der Waals surface area contributed by atoms with Gasteiger partial charge in [0.15, 0.2) is 9.84 Å². The van der Waals surface area contributed by atoms with E-state index in [4.69, 9.17) is 0 Å². The molecule has 3 rings (SSSR count). The van der Waals surface area contributed by atoms with E-state index >= 15 is 0 Å². The van der Waals surface area contributed by atoms with Crippen LogP contribution in [0.3, 0.4) is 0 Å². The van der Waals surface area contributed by atoms with Crippen molar-refractivity contribution < 1.29 is 13.2 Å². The van der Waals surface area contributed by atoms with Gasteiger partial charge < -0.3 is 5.32 Å². The molecule has 1 aromatic carbocycles. The highest BCUT2D eigenvalue weighted by Crippen LogP contribution is 2.30. The maximum absolute atomic E-state index is 12.5. The van der Waals surface area contributed by atoms with Gasteiger partial charge >= 0.3 is 0 Å². The fraction of sp³-hybridized carbons (Fsp3) is 0.312. The molecular weight excluding hydrogens is 318 g/mol. The van der Waals surface area contributed by atoms with Crippen molar-refractivity contribution in [1.82, 2.24) is 0 Å². The molecule has 6 heteroatoms. The van der Waals surface area contributed by atoms with E-state index < -0.39 is 9.84 Å². The third-order valence-electron chi connectivity index (χ3n) is 3.97. The predicted molar refractivity (Wildman–Crippen MR) is 88.2 cm³/mol. The molecule has 0 bridgehead atoms. The Balaban J connectivity index is 1.74. The number of anilines is 1. The number of benzene rings is 1. The van der Waals surface area contributed by atoms with E-state index in [1.54, 1.807) is 35.7 Å². The van der Waals surface area contributed by atoms with Crippen molar-refractivity contribution in [3.63, 3.8) is 0 Å². The maximum atomic E-state index is 12.5. The SMILES string of the molecule is O=C(Nc1ccc(S(=O)(=O)C2CCCC2)cc1)c1ccsc1. The molecule has 1 aliphatic rings. The molecule has 1 saturated carbocycles. The average Bonchev–Trinajstić information content (AvgIpc) is 3.21. The molecule has 1 fully saturated rings. The second-order valence-corrected chi connectivity index (χ2v) is 8.45. The van der Waals surface area contributed by atoms with Gasteiger partial charge in [-0.05, 0) is 48.6 Å². The smallest absolute Gasteiger partial charge is 0.256 e. The van der Waals surface area contributed by atoms with Crippen LogP contribution in [0.2, 0.25) is 0 Å². The molecule has 116 valence electrons. The van der Waals surface area contributed by atoms with Crippen molar-refractivity contribution in [3.05, 3.63) is 46.7 Å². The highest BCUT2D eigenvalue weighted by Gasteiger charge is 2.30. The molecule has 0 atom stereocenters. The topological polar surface area (TPSA) is 63.2 Å². The molecular formula is C16H17NO3S2. The molecule has 0 saturated heterocycles.